The SMILES string of the molecule is Cc1ccccc1CN1CCCN(C(=O)Cc2ccc(F)cc2)CC1. The number of hydrogen-bond acceptors (Lipinski definition) is 2. The van der Waals surface area contributed by atoms with Crippen molar-refractivity contribution in [2.24, 2.45) is 0 Å². The average Bonchev–Trinajstić information content (AvgIpc) is 2.85. The van der Waals surface area contributed by atoms with Gasteiger partial charge in [-0.2, -0.15) is 0 Å². The van der Waals surface area contributed by atoms with E-state index in [0.29, 0.717) is 6.42 Å². The molecule has 2 aromatic carbocycles. The molecule has 3 nitrogen and oxygen atoms in total. The highest BCUT2D eigenvalue weighted by atomic mass is 19.1. The molecule has 0 aromatic heterocycles. The zero-order chi connectivity index (χ0) is 17.6. The van der Waals surface area contributed by atoms with Crippen LogP contribution in [-0.4, -0.2) is 41.9 Å². The smallest absolute Gasteiger partial charge is 0.227 e. The van der Waals surface area contributed by atoms with Crippen LogP contribution in [0.15, 0.2) is 48.5 Å². The summed E-state index contributed by atoms with van der Waals surface area (Å²) in [5, 5.41) is 0. The van der Waals surface area contributed by atoms with Crippen molar-refractivity contribution in [3.63, 3.8) is 0 Å². The van der Waals surface area contributed by atoms with Gasteiger partial charge in [0, 0.05) is 32.7 Å². The molecule has 2 aromatic rings. The Hall–Kier alpha value is -2.20. The van der Waals surface area contributed by atoms with Gasteiger partial charge in [0.15, 0.2) is 0 Å². The molecule has 0 radical (unpaired) electrons. The van der Waals surface area contributed by atoms with E-state index in [9.17, 15) is 9.18 Å². The van der Waals surface area contributed by atoms with Crippen LogP contribution >= 0.6 is 0 Å². The lowest BCUT2D eigenvalue weighted by molar-refractivity contribution is -0.130. The molecule has 25 heavy (non-hydrogen) atoms. The van der Waals surface area contributed by atoms with Crippen molar-refractivity contribution in [3.05, 3.63) is 71.0 Å². The Morgan fingerprint density at radius 1 is 1.00 bits per heavy atom. The van der Waals surface area contributed by atoms with Gasteiger partial charge in [-0.1, -0.05) is 36.4 Å². The largest absolute Gasteiger partial charge is 0.341 e. The first-order chi connectivity index (χ1) is 12.1. The van der Waals surface area contributed by atoms with Crippen LogP contribution in [0.1, 0.15) is 23.1 Å². The zero-order valence-corrected chi connectivity index (χ0v) is 14.7. The number of hydrogen-bond donors (Lipinski definition) is 0. The monoisotopic (exact) mass is 340 g/mol. The van der Waals surface area contributed by atoms with Gasteiger partial charge in [-0.25, -0.2) is 4.39 Å². The number of benzene rings is 2. The van der Waals surface area contributed by atoms with Crippen LogP contribution in [0.4, 0.5) is 4.39 Å². The van der Waals surface area contributed by atoms with Crippen molar-refractivity contribution in [3.8, 4) is 0 Å². The Kier molecular flexibility index (Phi) is 5.82. The quantitative estimate of drug-likeness (QED) is 0.851. The van der Waals surface area contributed by atoms with Crippen molar-refractivity contribution in [2.45, 2.75) is 26.3 Å². The van der Waals surface area contributed by atoms with Gasteiger partial charge in [0.1, 0.15) is 5.82 Å². The first-order valence-electron chi connectivity index (χ1n) is 8.91. The molecule has 0 spiro atoms. The average molecular weight is 340 g/mol. The van der Waals surface area contributed by atoms with Crippen molar-refractivity contribution in [2.75, 3.05) is 26.2 Å². The molecule has 1 heterocycles. The highest BCUT2D eigenvalue weighted by Gasteiger charge is 2.19. The minimum absolute atomic E-state index is 0.129. The molecule has 132 valence electrons. The Labute approximate surface area is 149 Å². The van der Waals surface area contributed by atoms with E-state index < -0.39 is 0 Å². The molecular formula is C21H25FN2O. The molecular weight excluding hydrogens is 315 g/mol. The van der Waals surface area contributed by atoms with Gasteiger partial charge in [0.2, 0.25) is 5.91 Å². The minimum Gasteiger partial charge on any atom is -0.341 e. The summed E-state index contributed by atoms with van der Waals surface area (Å²) in [6.07, 6.45) is 1.33. The van der Waals surface area contributed by atoms with E-state index in [1.165, 1.54) is 23.3 Å². The third-order valence-electron chi connectivity index (χ3n) is 4.87. The maximum Gasteiger partial charge on any atom is 0.227 e. The predicted molar refractivity (Wildman–Crippen MR) is 97.8 cm³/mol. The zero-order valence-electron chi connectivity index (χ0n) is 14.7. The van der Waals surface area contributed by atoms with Gasteiger partial charge in [0.05, 0.1) is 6.42 Å². The lowest BCUT2D eigenvalue weighted by Crippen LogP contribution is -2.36. The topological polar surface area (TPSA) is 23.6 Å². The summed E-state index contributed by atoms with van der Waals surface area (Å²) < 4.78 is 13.0. The normalized spacial score (nSPS) is 15.8. The van der Waals surface area contributed by atoms with Crippen LogP contribution in [0.5, 0.6) is 0 Å². The van der Waals surface area contributed by atoms with Crippen LogP contribution in [0.25, 0.3) is 0 Å². The summed E-state index contributed by atoms with van der Waals surface area (Å²) in [5.41, 5.74) is 3.54. The maximum absolute atomic E-state index is 13.0. The molecule has 0 atom stereocenters. The van der Waals surface area contributed by atoms with Crippen LogP contribution in [-0.2, 0) is 17.8 Å². The fourth-order valence-corrected chi connectivity index (χ4v) is 3.30. The van der Waals surface area contributed by atoms with E-state index in [-0.39, 0.29) is 11.7 Å². The minimum atomic E-state index is -0.266. The third-order valence-corrected chi connectivity index (χ3v) is 4.87. The van der Waals surface area contributed by atoms with Crippen molar-refractivity contribution in [1.29, 1.82) is 0 Å². The van der Waals surface area contributed by atoms with E-state index in [1.54, 1.807) is 12.1 Å². The standard InChI is InChI=1S/C21H25FN2O/c1-17-5-2-3-6-19(17)16-23-11-4-12-24(14-13-23)21(25)15-18-7-9-20(22)10-8-18/h2-3,5-10H,4,11-16H2,1H3. The second-order valence-electron chi connectivity index (χ2n) is 6.74. The van der Waals surface area contributed by atoms with Crippen molar-refractivity contribution < 1.29 is 9.18 Å². The molecule has 3 rings (SSSR count). The fourth-order valence-electron chi connectivity index (χ4n) is 3.30. The number of aryl methyl sites for hydroxylation is 1. The molecule has 1 fully saturated rings. The van der Waals surface area contributed by atoms with Crippen LogP contribution in [0, 0.1) is 12.7 Å². The first kappa shape index (κ1) is 17.6. The Morgan fingerprint density at radius 2 is 1.76 bits per heavy atom. The van der Waals surface area contributed by atoms with Gasteiger partial charge >= 0.3 is 0 Å². The van der Waals surface area contributed by atoms with Gasteiger partial charge < -0.3 is 4.90 Å². The lowest BCUT2D eigenvalue weighted by atomic mass is 10.1. The summed E-state index contributed by atoms with van der Waals surface area (Å²) in [5.74, 6) is -0.137. The van der Waals surface area contributed by atoms with Crippen molar-refractivity contribution >= 4 is 5.91 Å². The Morgan fingerprint density at radius 3 is 2.52 bits per heavy atom. The molecule has 0 N–H and O–H groups in total. The Balaban J connectivity index is 1.55. The van der Waals surface area contributed by atoms with Gasteiger partial charge in [0.25, 0.3) is 0 Å². The maximum atomic E-state index is 13.0. The molecule has 1 aliphatic rings. The highest BCUT2D eigenvalue weighted by Crippen LogP contribution is 2.14. The molecule has 0 unspecified atom stereocenters. The Bertz CT molecular complexity index is 714. The number of carbonyl (C=O) groups is 1. The van der Waals surface area contributed by atoms with E-state index in [2.05, 4.69) is 36.1 Å². The van der Waals surface area contributed by atoms with Crippen LogP contribution in [0.3, 0.4) is 0 Å². The number of carbonyl (C=O) groups excluding carboxylic acids is 1. The van der Waals surface area contributed by atoms with E-state index >= 15 is 0 Å². The molecule has 1 aliphatic heterocycles. The first-order valence-corrected chi connectivity index (χ1v) is 8.91. The summed E-state index contributed by atoms with van der Waals surface area (Å²) >= 11 is 0. The number of rotatable bonds is 4. The second kappa shape index (κ2) is 8.26. The van der Waals surface area contributed by atoms with Crippen molar-refractivity contribution in [1.82, 2.24) is 9.80 Å². The van der Waals surface area contributed by atoms with Gasteiger partial charge in [-0.15, -0.1) is 0 Å². The summed E-state index contributed by atoms with van der Waals surface area (Å²) in [4.78, 5) is 16.9. The molecule has 0 saturated carbocycles. The van der Waals surface area contributed by atoms with E-state index in [1.807, 2.05) is 4.90 Å². The molecule has 0 aliphatic carbocycles. The summed E-state index contributed by atoms with van der Waals surface area (Å²) in [7, 11) is 0. The van der Waals surface area contributed by atoms with E-state index in [4.69, 9.17) is 0 Å². The predicted octanol–water partition coefficient (Wildman–Crippen LogP) is 3.41. The third kappa shape index (κ3) is 4.89. The summed E-state index contributed by atoms with van der Waals surface area (Å²) in [6.45, 7) is 6.53. The number of amides is 1. The van der Waals surface area contributed by atoms with Crippen LogP contribution in [0.2, 0.25) is 0 Å². The molecule has 1 saturated heterocycles. The second-order valence-corrected chi connectivity index (χ2v) is 6.74. The van der Waals surface area contributed by atoms with Gasteiger partial charge in [-0.05, 0) is 42.2 Å². The molecule has 1 amide bonds. The van der Waals surface area contributed by atoms with Crippen LogP contribution < -0.4 is 0 Å². The molecule has 4 heteroatoms. The lowest BCUT2D eigenvalue weighted by Gasteiger charge is -2.22. The highest BCUT2D eigenvalue weighted by molar-refractivity contribution is 5.78. The number of nitrogens with zero attached hydrogens (tertiary/aromatic N) is 2. The fraction of sp³-hybridized carbons (Fsp3) is 0.381. The van der Waals surface area contributed by atoms with E-state index in [0.717, 1.165) is 44.7 Å². The molecule has 0 bridgehead atoms. The summed E-state index contributed by atoms with van der Waals surface area (Å²) in [6, 6.07) is 14.7. The van der Waals surface area contributed by atoms with Gasteiger partial charge in [-0.3, -0.25) is 9.69 Å². The number of halogens is 1.